The van der Waals surface area contributed by atoms with Crippen LogP contribution in [-0.2, 0) is 5.41 Å². The number of aromatic nitrogens is 2. The molecule has 0 aliphatic carbocycles. The molecule has 0 saturated heterocycles. The van der Waals surface area contributed by atoms with Crippen molar-refractivity contribution < 1.29 is 0 Å². The first-order valence-corrected chi connectivity index (χ1v) is 6.84. The Morgan fingerprint density at radius 3 is 2.28 bits per heavy atom. The van der Waals surface area contributed by atoms with Crippen molar-refractivity contribution in [2.24, 2.45) is 0 Å². The van der Waals surface area contributed by atoms with Crippen molar-refractivity contribution in [3.8, 4) is 0 Å². The fraction of sp³-hybridized carbons (Fsp3) is 0.429. The number of benzene rings is 1. The summed E-state index contributed by atoms with van der Waals surface area (Å²) >= 11 is 1.44. The number of rotatable bonds is 3. The second-order valence-electron chi connectivity index (χ2n) is 5.41. The van der Waals surface area contributed by atoms with Crippen molar-refractivity contribution in [3.05, 3.63) is 46.5 Å². The Balaban J connectivity index is 2.28. The van der Waals surface area contributed by atoms with Crippen LogP contribution in [0.4, 0.5) is 0 Å². The van der Waals surface area contributed by atoms with E-state index in [2.05, 4.69) is 59.9 Å². The zero-order chi connectivity index (χ0) is 13.2. The van der Waals surface area contributed by atoms with Crippen LogP contribution in [0.5, 0.6) is 0 Å². The van der Waals surface area contributed by atoms with E-state index >= 15 is 0 Å². The van der Waals surface area contributed by atoms with Gasteiger partial charge >= 0.3 is 0 Å². The molecule has 0 bridgehead atoms. The number of hydrogen-bond acceptors (Lipinski definition) is 4. The van der Waals surface area contributed by atoms with Crippen LogP contribution in [0.2, 0.25) is 0 Å². The molecule has 0 fully saturated rings. The van der Waals surface area contributed by atoms with Crippen molar-refractivity contribution in [2.75, 3.05) is 7.05 Å². The molecule has 4 heteroatoms. The van der Waals surface area contributed by atoms with Crippen molar-refractivity contribution >= 4 is 11.5 Å². The molecule has 0 spiro atoms. The summed E-state index contributed by atoms with van der Waals surface area (Å²) in [5, 5.41) is 7.21. The largest absolute Gasteiger partial charge is 0.309 e. The van der Waals surface area contributed by atoms with Crippen molar-refractivity contribution in [3.63, 3.8) is 0 Å². The lowest BCUT2D eigenvalue weighted by Crippen LogP contribution is -2.17. The van der Waals surface area contributed by atoms with Crippen molar-refractivity contribution in [1.29, 1.82) is 0 Å². The van der Waals surface area contributed by atoms with Gasteiger partial charge in [-0.3, -0.25) is 0 Å². The van der Waals surface area contributed by atoms with Gasteiger partial charge in [-0.1, -0.05) is 49.5 Å². The van der Waals surface area contributed by atoms with Gasteiger partial charge in [0.25, 0.3) is 0 Å². The summed E-state index contributed by atoms with van der Waals surface area (Å²) in [5.41, 5.74) is 2.79. The maximum absolute atomic E-state index is 3.93. The van der Waals surface area contributed by atoms with Gasteiger partial charge in [0, 0.05) is 0 Å². The van der Waals surface area contributed by atoms with E-state index in [1.165, 1.54) is 22.7 Å². The fourth-order valence-electron chi connectivity index (χ4n) is 1.95. The molecule has 2 aromatic rings. The molecule has 1 unspecified atom stereocenters. The first kappa shape index (κ1) is 13.2. The molecule has 0 amide bonds. The highest BCUT2D eigenvalue weighted by Gasteiger charge is 2.17. The Bertz CT molecular complexity index is 483. The van der Waals surface area contributed by atoms with Gasteiger partial charge in [0.05, 0.1) is 17.1 Å². The summed E-state index contributed by atoms with van der Waals surface area (Å²) in [6.45, 7) is 6.68. The Morgan fingerprint density at radius 2 is 1.83 bits per heavy atom. The molecule has 0 aliphatic heterocycles. The van der Waals surface area contributed by atoms with Crippen LogP contribution in [0.1, 0.15) is 42.8 Å². The molecule has 1 heterocycles. The summed E-state index contributed by atoms with van der Waals surface area (Å²) in [6.07, 6.45) is 1.82. The van der Waals surface area contributed by atoms with Crippen LogP contribution in [0, 0.1) is 0 Å². The molecule has 3 nitrogen and oxygen atoms in total. The van der Waals surface area contributed by atoms with Crippen LogP contribution in [0.3, 0.4) is 0 Å². The summed E-state index contributed by atoms with van der Waals surface area (Å²) < 4.78 is 3.93. The lowest BCUT2D eigenvalue weighted by atomic mass is 9.86. The SMILES string of the molecule is CNC(c1ccc(C(C)(C)C)cc1)c1cnns1. The molecule has 0 aliphatic rings. The summed E-state index contributed by atoms with van der Waals surface area (Å²) in [6, 6.07) is 8.95. The zero-order valence-corrected chi connectivity index (χ0v) is 12.1. The van der Waals surface area contributed by atoms with Crippen molar-refractivity contribution in [2.45, 2.75) is 32.2 Å². The quantitative estimate of drug-likeness (QED) is 0.922. The van der Waals surface area contributed by atoms with E-state index in [9.17, 15) is 0 Å². The van der Waals surface area contributed by atoms with Crippen LogP contribution in [0.15, 0.2) is 30.5 Å². The van der Waals surface area contributed by atoms with Gasteiger partial charge in [-0.25, -0.2) is 0 Å². The van der Waals surface area contributed by atoms with E-state index in [4.69, 9.17) is 0 Å². The normalized spacial score (nSPS) is 13.6. The maximum atomic E-state index is 3.93. The summed E-state index contributed by atoms with van der Waals surface area (Å²) in [5.74, 6) is 0. The van der Waals surface area contributed by atoms with Crippen LogP contribution in [0.25, 0.3) is 0 Å². The van der Waals surface area contributed by atoms with Crippen LogP contribution < -0.4 is 5.32 Å². The standard InChI is InChI=1S/C14H19N3S/c1-14(2,3)11-7-5-10(6-8-11)13(15-4)12-9-16-17-18-12/h5-9,13,15H,1-4H3. The van der Waals surface area contributed by atoms with Crippen LogP contribution in [-0.4, -0.2) is 16.6 Å². The van der Waals surface area contributed by atoms with Gasteiger partial charge in [0.1, 0.15) is 0 Å². The average Bonchev–Trinajstić information content (AvgIpc) is 2.83. The van der Waals surface area contributed by atoms with Crippen molar-refractivity contribution in [1.82, 2.24) is 14.9 Å². The highest BCUT2D eigenvalue weighted by atomic mass is 32.1. The van der Waals surface area contributed by atoms with E-state index in [0.29, 0.717) is 0 Å². The highest BCUT2D eigenvalue weighted by Crippen LogP contribution is 2.27. The summed E-state index contributed by atoms with van der Waals surface area (Å²) in [7, 11) is 1.96. The first-order chi connectivity index (χ1) is 8.52. The monoisotopic (exact) mass is 261 g/mol. The molecule has 1 N–H and O–H groups in total. The second kappa shape index (κ2) is 5.16. The molecule has 0 saturated carbocycles. The summed E-state index contributed by atoms with van der Waals surface area (Å²) in [4.78, 5) is 1.14. The molecular weight excluding hydrogens is 242 g/mol. The first-order valence-electron chi connectivity index (χ1n) is 6.07. The Hall–Kier alpha value is -1.26. The molecule has 1 aromatic carbocycles. The molecule has 96 valence electrons. The molecule has 2 rings (SSSR count). The van der Waals surface area contributed by atoms with Gasteiger partial charge in [-0.15, -0.1) is 5.10 Å². The molecule has 0 radical (unpaired) electrons. The lowest BCUT2D eigenvalue weighted by Gasteiger charge is -2.20. The average molecular weight is 261 g/mol. The van der Waals surface area contributed by atoms with E-state index in [1.807, 2.05) is 13.2 Å². The molecule has 18 heavy (non-hydrogen) atoms. The smallest absolute Gasteiger partial charge is 0.0701 e. The Kier molecular flexibility index (Phi) is 3.78. The number of nitrogens with zero attached hydrogens (tertiary/aromatic N) is 2. The van der Waals surface area contributed by atoms with Gasteiger partial charge < -0.3 is 5.32 Å². The zero-order valence-electron chi connectivity index (χ0n) is 11.3. The predicted molar refractivity (Wildman–Crippen MR) is 76.0 cm³/mol. The third-order valence-corrected chi connectivity index (χ3v) is 3.79. The van der Waals surface area contributed by atoms with E-state index in [1.54, 1.807) is 0 Å². The van der Waals surface area contributed by atoms with E-state index in [-0.39, 0.29) is 11.5 Å². The Labute approximate surface area is 112 Å². The minimum Gasteiger partial charge on any atom is -0.309 e. The molecule has 1 aromatic heterocycles. The topological polar surface area (TPSA) is 37.8 Å². The Morgan fingerprint density at radius 1 is 1.17 bits per heavy atom. The molecule has 1 atom stereocenters. The number of nitrogens with one attached hydrogen (secondary N) is 1. The second-order valence-corrected chi connectivity index (χ2v) is 6.23. The minimum atomic E-state index is 0.180. The molecular formula is C14H19N3S. The minimum absolute atomic E-state index is 0.180. The predicted octanol–water partition coefficient (Wildman–Crippen LogP) is 3.14. The van der Waals surface area contributed by atoms with Gasteiger partial charge in [-0.2, -0.15) is 0 Å². The van der Waals surface area contributed by atoms with E-state index in [0.717, 1.165) is 4.88 Å². The van der Waals surface area contributed by atoms with Gasteiger partial charge in [-0.05, 0) is 35.1 Å². The maximum Gasteiger partial charge on any atom is 0.0701 e. The third kappa shape index (κ3) is 2.76. The van der Waals surface area contributed by atoms with E-state index < -0.39 is 0 Å². The highest BCUT2D eigenvalue weighted by molar-refractivity contribution is 7.05. The van der Waals surface area contributed by atoms with Gasteiger partial charge in [0.15, 0.2) is 0 Å². The van der Waals surface area contributed by atoms with Crippen LogP contribution >= 0.6 is 11.5 Å². The number of hydrogen-bond donors (Lipinski definition) is 1. The fourth-order valence-corrected chi connectivity index (χ4v) is 2.59. The third-order valence-electron chi connectivity index (χ3n) is 3.06. The lowest BCUT2D eigenvalue weighted by molar-refractivity contribution is 0.589. The van der Waals surface area contributed by atoms with Gasteiger partial charge in [0.2, 0.25) is 0 Å².